The molecule has 0 spiro atoms. The van der Waals surface area contributed by atoms with Crippen LogP contribution < -0.4 is 0 Å². The molecule has 0 aliphatic heterocycles. The quantitative estimate of drug-likeness (QED) is 0.426. The molecule has 0 rings (SSSR count). The third kappa shape index (κ3) is 67.3. The minimum absolute atomic E-state index is 0. The van der Waals surface area contributed by atoms with Crippen molar-refractivity contribution in [2.24, 2.45) is 0 Å². The van der Waals surface area contributed by atoms with E-state index in [1.54, 1.807) is 0 Å². The van der Waals surface area contributed by atoms with E-state index in [9.17, 15) is 0 Å². The van der Waals surface area contributed by atoms with Crippen LogP contribution in [-0.2, 0) is 37.2 Å². The molecule has 5 heavy (non-hydrogen) atoms. The zero-order chi connectivity index (χ0) is 3.58. The van der Waals surface area contributed by atoms with E-state index < -0.39 is 9.17 Å². The molecule has 0 saturated carbocycles. The van der Waals surface area contributed by atoms with Crippen LogP contribution in [0.3, 0.4) is 0 Å². The standard InChI is InChI=1S/H2O3Si.Y/c1-4(2)3;/h1-2H;. The molecule has 0 heterocycles. The second-order valence-corrected chi connectivity index (χ2v) is 0.848. The van der Waals surface area contributed by atoms with Crippen LogP contribution in [0.4, 0.5) is 0 Å². The Morgan fingerprint density at radius 1 is 1.40 bits per heavy atom. The molecule has 0 aromatic rings. The van der Waals surface area contributed by atoms with E-state index in [1.165, 1.54) is 0 Å². The average molecular weight is 167 g/mol. The first kappa shape index (κ1) is 9.21. The van der Waals surface area contributed by atoms with E-state index in [2.05, 4.69) is 0 Å². The van der Waals surface area contributed by atoms with Gasteiger partial charge in [0.15, 0.2) is 0 Å². The van der Waals surface area contributed by atoms with Gasteiger partial charge in [-0.25, -0.2) is 0 Å². The maximum atomic E-state index is 8.74. The summed E-state index contributed by atoms with van der Waals surface area (Å²) in [4.78, 5) is 14.3. The fraction of sp³-hybridized carbons (Fsp3) is 0. The zero-order valence-electron chi connectivity index (χ0n) is 2.38. The van der Waals surface area contributed by atoms with Crippen LogP contribution >= 0.6 is 0 Å². The van der Waals surface area contributed by atoms with E-state index in [0.717, 1.165) is 0 Å². The summed E-state index contributed by atoms with van der Waals surface area (Å²) in [6.07, 6.45) is 0. The van der Waals surface area contributed by atoms with Gasteiger partial charge in [0.25, 0.3) is 0 Å². The second-order valence-electron chi connectivity index (χ2n) is 0.283. The van der Waals surface area contributed by atoms with E-state index in [0.29, 0.717) is 0 Å². The average Bonchev–Trinajstić information content (AvgIpc) is 0.811. The second kappa shape index (κ2) is 4.72. The van der Waals surface area contributed by atoms with Gasteiger partial charge in [0.2, 0.25) is 0 Å². The molecular formula is H2O3SiY. The first-order chi connectivity index (χ1) is 1.73. The Morgan fingerprint density at radius 2 is 1.40 bits per heavy atom. The fourth-order valence-electron chi connectivity index (χ4n) is 0. The largest absolute Gasteiger partial charge is 0.761 e. The van der Waals surface area contributed by atoms with Crippen LogP contribution in [-0.4, -0.2) is 18.8 Å². The first-order valence-corrected chi connectivity index (χ1v) is 1.95. The summed E-state index contributed by atoms with van der Waals surface area (Å²) in [5.74, 6) is 0. The summed E-state index contributed by atoms with van der Waals surface area (Å²) in [5.41, 5.74) is 0. The molecule has 0 saturated heterocycles. The third-order valence-electron chi connectivity index (χ3n) is 0. The van der Waals surface area contributed by atoms with Crippen molar-refractivity contribution in [3.63, 3.8) is 0 Å². The molecule has 0 atom stereocenters. The van der Waals surface area contributed by atoms with E-state index in [4.69, 9.17) is 14.1 Å². The summed E-state index contributed by atoms with van der Waals surface area (Å²) >= 11 is 0. The molecule has 27 valence electrons. The van der Waals surface area contributed by atoms with Crippen molar-refractivity contribution in [1.29, 1.82) is 0 Å². The summed E-state index contributed by atoms with van der Waals surface area (Å²) < 4.78 is 8.74. The van der Waals surface area contributed by atoms with E-state index >= 15 is 0 Å². The topological polar surface area (TPSA) is 57.5 Å². The Balaban J connectivity index is 0. The third-order valence-corrected chi connectivity index (χ3v) is 0. The molecule has 0 aromatic heterocycles. The van der Waals surface area contributed by atoms with Crippen LogP contribution in [0.2, 0.25) is 0 Å². The maximum Gasteiger partial charge on any atom is 0.761 e. The molecule has 0 amide bonds. The van der Waals surface area contributed by atoms with Crippen molar-refractivity contribution < 1.29 is 46.8 Å². The zero-order valence-corrected chi connectivity index (χ0v) is 6.22. The molecular weight excluding hydrogens is 165 g/mol. The number of hydrogen-bond acceptors (Lipinski definition) is 1. The minimum atomic E-state index is -3.13. The Labute approximate surface area is 55.8 Å². The monoisotopic (exact) mass is 167 g/mol. The van der Waals surface area contributed by atoms with Crippen molar-refractivity contribution in [3.8, 4) is 0 Å². The molecule has 0 aliphatic carbocycles. The van der Waals surface area contributed by atoms with Crippen LogP contribution in [0.25, 0.3) is 0 Å². The Hall–Kier alpha value is 0.721. The molecule has 0 unspecified atom stereocenters. The van der Waals surface area contributed by atoms with Crippen molar-refractivity contribution >= 4 is 9.17 Å². The summed E-state index contributed by atoms with van der Waals surface area (Å²) in [7, 11) is -3.13. The fourth-order valence-corrected chi connectivity index (χ4v) is 0. The predicted octanol–water partition coefficient (Wildman–Crippen LogP) is -1.62. The number of hydrogen-bond donors (Lipinski definition) is 2. The van der Waals surface area contributed by atoms with Gasteiger partial charge < -0.3 is 9.59 Å². The normalized spacial score (nSPS) is 4.80. The van der Waals surface area contributed by atoms with Gasteiger partial charge in [-0.15, -0.1) is 0 Å². The summed E-state index contributed by atoms with van der Waals surface area (Å²) in [6.45, 7) is 0. The SMILES string of the molecule is O=[Si](O)O.[Y]. The summed E-state index contributed by atoms with van der Waals surface area (Å²) in [6, 6.07) is 0. The van der Waals surface area contributed by atoms with Gasteiger partial charge in [-0.2, -0.15) is 0 Å². The van der Waals surface area contributed by atoms with E-state index in [-0.39, 0.29) is 32.7 Å². The first-order valence-electron chi connectivity index (χ1n) is 0.651. The van der Waals surface area contributed by atoms with Crippen molar-refractivity contribution in [2.75, 3.05) is 0 Å². The Bertz CT molecular complexity index is 29.9. The van der Waals surface area contributed by atoms with Crippen molar-refractivity contribution in [1.82, 2.24) is 0 Å². The van der Waals surface area contributed by atoms with Gasteiger partial charge in [-0.3, -0.25) is 4.46 Å². The molecule has 0 fully saturated rings. The molecule has 0 aliphatic rings. The van der Waals surface area contributed by atoms with Crippen LogP contribution in [0.5, 0.6) is 0 Å². The van der Waals surface area contributed by atoms with Crippen molar-refractivity contribution in [3.05, 3.63) is 0 Å². The summed E-state index contributed by atoms with van der Waals surface area (Å²) in [5, 5.41) is 0. The molecule has 3 nitrogen and oxygen atoms in total. The van der Waals surface area contributed by atoms with Gasteiger partial charge >= 0.3 is 9.17 Å². The molecule has 0 bridgehead atoms. The smallest absolute Gasteiger partial charge is 0.511 e. The van der Waals surface area contributed by atoms with Crippen LogP contribution in [0.1, 0.15) is 0 Å². The van der Waals surface area contributed by atoms with Gasteiger partial charge in [0.1, 0.15) is 0 Å². The molecule has 5 heteroatoms. The minimum Gasteiger partial charge on any atom is -0.511 e. The predicted molar refractivity (Wildman–Crippen MR) is 10.9 cm³/mol. The molecule has 2 N–H and O–H groups in total. The maximum absolute atomic E-state index is 8.74. The van der Waals surface area contributed by atoms with Crippen LogP contribution in [0.15, 0.2) is 0 Å². The Kier molecular flexibility index (Phi) is 8.69. The van der Waals surface area contributed by atoms with Gasteiger partial charge in [-0.1, -0.05) is 0 Å². The molecule has 0 aromatic carbocycles. The Morgan fingerprint density at radius 3 is 1.40 bits per heavy atom. The number of rotatable bonds is 0. The van der Waals surface area contributed by atoms with Crippen molar-refractivity contribution in [2.45, 2.75) is 0 Å². The molecule has 1 radical (unpaired) electrons. The van der Waals surface area contributed by atoms with Gasteiger partial charge in [0.05, 0.1) is 0 Å². The van der Waals surface area contributed by atoms with Crippen LogP contribution in [0, 0.1) is 0 Å². The van der Waals surface area contributed by atoms with Gasteiger partial charge in [-0.05, 0) is 0 Å². The van der Waals surface area contributed by atoms with E-state index in [1.807, 2.05) is 0 Å². The van der Waals surface area contributed by atoms with Gasteiger partial charge in [0, 0.05) is 32.7 Å².